The molecule has 1 unspecified atom stereocenters. The van der Waals surface area contributed by atoms with Crippen LogP contribution in [-0.4, -0.2) is 22.9 Å². The Bertz CT molecular complexity index is 669. The summed E-state index contributed by atoms with van der Waals surface area (Å²) in [5.74, 6) is -1.30. The zero-order valence-corrected chi connectivity index (χ0v) is 12.5. The summed E-state index contributed by atoms with van der Waals surface area (Å²) < 4.78 is 5.28. The third kappa shape index (κ3) is 2.62. The highest BCUT2D eigenvalue weighted by molar-refractivity contribution is 6.20. The number of Topliss-reactive ketones (excluding diaryl/α,β-unsaturated/α-hetero) is 1. The number of carbonyl (C=O) groups is 2. The topological polar surface area (TPSA) is 92.1 Å². The smallest absolute Gasteiger partial charge is 0.326 e. The number of rotatable bonds is 2. The van der Waals surface area contributed by atoms with Crippen molar-refractivity contribution in [2.75, 3.05) is 0 Å². The molecule has 1 aliphatic rings. The lowest BCUT2D eigenvalue weighted by molar-refractivity contribution is -0.159. The van der Waals surface area contributed by atoms with Crippen molar-refractivity contribution >= 4 is 11.8 Å². The van der Waals surface area contributed by atoms with Crippen LogP contribution in [0.5, 0.6) is 0 Å². The number of ether oxygens (including phenoxy) is 1. The van der Waals surface area contributed by atoms with E-state index in [2.05, 4.69) is 10.0 Å². The van der Waals surface area contributed by atoms with Gasteiger partial charge < -0.3 is 4.74 Å². The lowest BCUT2D eigenvalue weighted by Crippen LogP contribution is -2.46. The van der Waals surface area contributed by atoms with Crippen molar-refractivity contribution in [2.24, 2.45) is 5.11 Å². The number of azide groups is 1. The highest BCUT2D eigenvalue weighted by Crippen LogP contribution is 2.36. The molecular formula is C15H17N3O3. The molecule has 110 valence electrons. The van der Waals surface area contributed by atoms with Gasteiger partial charge in [0.15, 0.2) is 5.78 Å². The van der Waals surface area contributed by atoms with E-state index in [1.165, 1.54) is 0 Å². The monoisotopic (exact) mass is 287 g/mol. The van der Waals surface area contributed by atoms with Gasteiger partial charge in [-0.2, -0.15) is 0 Å². The number of hydrogen-bond acceptors (Lipinski definition) is 4. The van der Waals surface area contributed by atoms with Gasteiger partial charge >= 0.3 is 5.97 Å². The molecular weight excluding hydrogens is 270 g/mol. The van der Waals surface area contributed by atoms with Gasteiger partial charge in [0.25, 0.3) is 0 Å². The summed E-state index contributed by atoms with van der Waals surface area (Å²) in [5.41, 5.74) is 8.30. The van der Waals surface area contributed by atoms with Crippen LogP contribution >= 0.6 is 0 Å². The molecule has 0 bridgehead atoms. The SMILES string of the molecule is Cc1ccc2c(c1)CC(N=[N+]=[N-])(C(=O)OC(C)(C)C)C2=O. The number of benzene rings is 1. The molecule has 0 saturated heterocycles. The van der Waals surface area contributed by atoms with E-state index in [1.807, 2.05) is 13.0 Å². The molecule has 0 aliphatic heterocycles. The van der Waals surface area contributed by atoms with E-state index in [-0.39, 0.29) is 6.42 Å². The second-order valence-electron chi connectivity index (χ2n) is 6.22. The Morgan fingerprint density at radius 3 is 2.67 bits per heavy atom. The fourth-order valence-corrected chi connectivity index (χ4v) is 2.39. The van der Waals surface area contributed by atoms with Crippen molar-refractivity contribution in [3.63, 3.8) is 0 Å². The van der Waals surface area contributed by atoms with Crippen LogP contribution in [0.3, 0.4) is 0 Å². The van der Waals surface area contributed by atoms with Gasteiger partial charge in [-0.05, 0) is 38.8 Å². The van der Waals surface area contributed by atoms with Crippen molar-refractivity contribution in [2.45, 2.75) is 45.3 Å². The lowest BCUT2D eigenvalue weighted by Gasteiger charge is -2.26. The standard InChI is InChI=1S/C15H17N3O3/c1-9-5-6-11-10(7-9)8-15(12(11)19,17-18-16)13(20)21-14(2,3)4/h5-7H,8H2,1-4H3. The van der Waals surface area contributed by atoms with Gasteiger partial charge in [-0.3, -0.25) is 9.59 Å². The number of fused-ring (bicyclic) bond motifs is 1. The summed E-state index contributed by atoms with van der Waals surface area (Å²) in [4.78, 5) is 27.7. The molecule has 6 nitrogen and oxygen atoms in total. The van der Waals surface area contributed by atoms with Gasteiger partial charge in [0, 0.05) is 16.9 Å². The zero-order chi connectivity index (χ0) is 15.8. The normalized spacial score (nSPS) is 20.7. The average molecular weight is 287 g/mol. The largest absolute Gasteiger partial charge is 0.459 e. The maximum Gasteiger partial charge on any atom is 0.326 e. The average Bonchev–Trinajstić information content (AvgIpc) is 2.61. The maximum atomic E-state index is 12.6. The first-order chi connectivity index (χ1) is 9.69. The minimum Gasteiger partial charge on any atom is -0.459 e. The van der Waals surface area contributed by atoms with Gasteiger partial charge in [0.05, 0.1) is 0 Å². The van der Waals surface area contributed by atoms with Crippen LogP contribution in [0.25, 0.3) is 10.4 Å². The van der Waals surface area contributed by atoms with Gasteiger partial charge in [0.2, 0.25) is 5.54 Å². The Morgan fingerprint density at radius 1 is 1.43 bits per heavy atom. The molecule has 0 aromatic heterocycles. The summed E-state index contributed by atoms with van der Waals surface area (Å²) in [6, 6.07) is 5.27. The Balaban J connectivity index is 2.50. The fourth-order valence-electron chi connectivity index (χ4n) is 2.39. The third-order valence-electron chi connectivity index (χ3n) is 3.28. The minimum absolute atomic E-state index is 0.0435. The number of aryl methyl sites for hydroxylation is 1. The fraction of sp³-hybridized carbons (Fsp3) is 0.467. The van der Waals surface area contributed by atoms with E-state index in [9.17, 15) is 9.59 Å². The molecule has 21 heavy (non-hydrogen) atoms. The van der Waals surface area contributed by atoms with Crippen LogP contribution in [0.2, 0.25) is 0 Å². The van der Waals surface area contributed by atoms with E-state index in [4.69, 9.17) is 10.3 Å². The lowest BCUT2D eigenvalue weighted by atomic mass is 9.95. The van der Waals surface area contributed by atoms with E-state index in [1.54, 1.807) is 32.9 Å². The first kappa shape index (κ1) is 15.1. The molecule has 1 aromatic carbocycles. The summed E-state index contributed by atoms with van der Waals surface area (Å²) in [6.45, 7) is 6.99. The Kier molecular flexibility index (Phi) is 3.51. The number of esters is 1. The Morgan fingerprint density at radius 2 is 2.10 bits per heavy atom. The maximum absolute atomic E-state index is 12.6. The summed E-state index contributed by atoms with van der Waals surface area (Å²) in [5, 5.41) is 3.52. The van der Waals surface area contributed by atoms with Crippen molar-refractivity contribution < 1.29 is 14.3 Å². The molecule has 0 amide bonds. The highest BCUT2D eigenvalue weighted by atomic mass is 16.6. The summed E-state index contributed by atoms with van der Waals surface area (Å²) in [6.07, 6.45) is 0.0435. The number of carbonyl (C=O) groups excluding carboxylic acids is 2. The summed E-state index contributed by atoms with van der Waals surface area (Å²) in [7, 11) is 0. The quantitative estimate of drug-likeness (QED) is 0.275. The summed E-state index contributed by atoms with van der Waals surface area (Å²) >= 11 is 0. The second-order valence-corrected chi connectivity index (χ2v) is 6.22. The van der Waals surface area contributed by atoms with Gasteiger partial charge in [-0.15, -0.1) is 0 Å². The molecule has 1 aromatic rings. The number of hydrogen-bond donors (Lipinski definition) is 0. The molecule has 0 heterocycles. The Labute approximate surface area is 122 Å². The zero-order valence-electron chi connectivity index (χ0n) is 12.5. The van der Waals surface area contributed by atoms with Crippen LogP contribution in [0.1, 0.15) is 42.3 Å². The van der Waals surface area contributed by atoms with Gasteiger partial charge in [-0.25, -0.2) is 0 Å². The first-order valence-electron chi connectivity index (χ1n) is 6.64. The molecule has 1 aliphatic carbocycles. The van der Waals surface area contributed by atoms with Gasteiger partial charge in [-0.1, -0.05) is 28.9 Å². The molecule has 0 spiro atoms. The molecule has 2 rings (SSSR count). The van der Waals surface area contributed by atoms with Crippen molar-refractivity contribution in [3.8, 4) is 0 Å². The van der Waals surface area contributed by atoms with Crippen LogP contribution in [-0.2, 0) is 16.0 Å². The van der Waals surface area contributed by atoms with Crippen LogP contribution in [0.15, 0.2) is 23.3 Å². The highest BCUT2D eigenvalue weighted by Gasteiger charge is 2.53. The van der Waals surface area contributed by atoms with Crippen LogP contribution in [0, 0.1) is 6.92 Å². The molecule has 0 saturated carbocycles. The van der Waals surface area contributed by atoms with Gasteiger partial charge in [0.1, 0.15) is 5.60 Å². The number of ketones is 1. The predicted molar refractivity (Wildman–Crippen MR) is 76.9 cm³/mol. The van der Waals surface area contributed by atoms with E-state index >= 15 is 0 Å². The van der Waals surface area contributed by atoms with Crippen molar-refractivity contribution in [1.82, 2.24) is 0 Å². The molecule has 0 fully saturated rings. The van der Waals surface area contributed by atoms with Crippen LogP contribution < -0.4 is 0 Å². The third-order valence-corrected chi connectivity index (χ3v) is 3.28. The molecule has 6 heteroatoms. The second kappa shape index (κ2) is 4.90. The van der Waals surface area contributed by atoms with E-state index in [0.29, 0.717) is 11.1 Å². The molecule has 0 N–H and O–H groups in total. The predicted octanol–water partition coefficient (Wildman–Crippen LogP) is 3.12. The molecule has 0 radical (unpaired) electrons. The number of nitrogens with zero attached hydrogens (tertiary/aromatic N) is 3. The minimum atomic E-state index is -1.82. The van der Waals surface area contributed by atoms with E-state index in [0.717, 1.165) is 5.56 Å². The molecule has 1 atom stereocenters. The van der Waals surface area contributed by atoms with Crippen molar-refractivity contribution in [1.29, 1.82) is 0 Å². The van der Waals surface area contributed by atoms with E-state index < -0.39 is 22.9 Å². The van der Waals surface area contributed by atoms with Crippen molar-refractivity contribution in [3.05, 3.63) is 45.3 Å². The van der Waals surface area contributed by atoms with Crippen LogP contribution in [0.4, 0.5) is 0 Å². The first-order valence-corrected chi connectivity index (χ1v) is 6.64. The Hall–Kier alpha value is -2.33.